The molecule has 1 heterocycles. The number of aliphatic carboxylic acids is 1. The van der Waals surface area contributed by atoms with E-state index in [-0.39, 0.29) is 18.2 Å². The molecule has 1 aromatic carbocycles. The summed E-state index contributed by atoms with van der Waals surface area (Å²) in [5, 5.41) is 14.9. The van der Waals surface area contributed by atoms with Crippen molar-refractivity contribution in [3.63, 3.8) is 0 Å². The van der Waals surface area contributed by atoms with E-state index in [4.69, 9.17) is 0 Å². The number of nitrogens with one attached hydrogen (secondary N) is 2. The number of aromatic nitrogens is 2. The summed E-state index contributed by atoms with van der Waals surface area (Å²) in [6.45, 7) is 3.92. The lowest BCUT2D eigenvalue weighted by Crippen LogP contribution is -2.61. The van der Waals surface area contributed by atoms with Gasteiger partial charge in [0.05, 0.1) is 5.25 Å². The predicted molar refractivity (Wildman–Crippen MR) is 132 cm³/mol. The average molecular weight is 485 g/mol. The van der Waals surface area contributed by atoms with E-state index in [1.165, 1.54) is 6.33 Å². The number of carboxylic acids is 1. The Hall–Kier alpha value is -2.94. The smallest absolute Gasteiger partial charge is 0.326 e. The van der Waals surface area contributed by atoms with Gasteiger partial charge in [0.2, 0.25) is 11.8 Å². The predicted octanol–water partition coefficient (Wildman–Crippen LogP) is 3.03. The van der Waals surface area contributed by atoms with Gasteiger partial charge in [-0.2, -0.15) is 12.6 Å². The topological polar surface area (TPSA) is 121 Å². The summed E-state index contributed by atoms with van der Waals surface area (Å²) in [6, 6.07) is 6.28. The molecule has 1 fully saturated rings. The molecule has 1 saturated carbocycles. The van der Waals surface area contributed by atoms with Crippen molar-refractivity contribution in [1.82, 2.24) is 20.6 Å². The molecule has 1 aromatic heterocycles. The van der Waals surface area contributed by atoms with Crippen molar-refractivity contribution >= 4 is 30.4 Å². The Balaban J connectivity index is 1.70. The molecule has 8 nitrogen and oxygen atoms in total. The number of thiol groups is 1. The Morgan fingerprint density at radius 2 is 1.71 bits per heavy atom. The van der Waals surface area contributed by atoms with Crippen LogP contribution in [0.15, 0.2) is 43.0 Å². The minimum absolute atomic E-state index is 0.0574. The van der Waals surface area contributed by atoms with Crippen LogP contribution in [0.4, 0.5) is 0 Å². The molecule has 34 heavy (non-hydrogen) atoms. The van der Waals surface area contributed by atoms with Crippen LogP contribution in [0.5, 0.6) is 0 Å². The molecule has 1 aliphatic carbocycles. The van der Waals surface area contributed by atoms with Crippen molar-refractivity contribution in [3.05, 3.63) is 48.5 Å². The molecule has 1 unspecified atom stereocenters. The number of hydrogen-bond donors (Lipinski definition) is 4. The van der Waals surface area contributed by atoms with Gasteiger partial charge >= 0.3 is 5.97 Å². The van der Waals surface area contributed by atoms with E-state index < -0.39 is 28.7 Å². The second kappa shape index (κ2) is 11.5. The zero-order valence-corrected chi connectivity index (χ0v) is 20.4. The average Bonchev–Trinajstić information content (AvgIpc) is 3.33. The van der Waals surface area contributed by atoms with Crippen LogP contribution in [0.1, 0.15) is 51.5 Å². The number of carboxylic acid groups (broad SMARTS) is 1. The van der Waals surface area contributed by atoms with Gasteiger partial charge in [0.25, 0.3) is 0 Å². The molecule has 0 spiro atoms. The van der Waals surface area contributed by atoms with Crippen LogP contribution in [0.2, 0.25) is 0 Å². The van der Waals surface area contributed by atoms with Crippen molar-refractivity contribution in [2.24, 2.45) is 5.92 Å². The standard InChI is InChI=1S/C25H32N4O4S/c1-3-16(2)21(34)22(30)29-25(10-4-5-11-25)24(33)28-20(23(31)32)12-17-6-8-18(9-7-17)19-13-26-15-27-14-19/h6-9,13-16,20-21,34H,3-5,10-12H2,1-2H3,(H,28,33)(H,29,30)(H,31,32)/t16-,20?,21+/m1/s1. The first-order valence-corrected chi connectivity index (χ1v) is 12.2. The zero-order chi connectivity index (χ0) is 24.7. The van der Waals surface area contributed by atoms with Gasteiger partial charge in [-0.15, -0.1) is 0 Å². The normalized spacial score (nSPS) is 17.4. The van der Waals surface area contributed by atoms with Gasteiger partial charge in [-0.25, -0.2) is 14.8 Å². The number of rotatable bonds is 10. The molecule has 3 N–H and O–H groups in total. The molecular formula is C25H32N4O4S. The Labute approximate surface area is 205 Å². The maximum atomic E-state index is 13.3. The first kappa shape index (κ1) is 25.7. The third kappa shape index (κ3) is 6.14. The molecule has 9 heteroatoms. The van der Waals surface area contributed by atoms with Crippen LogP contribution in [0.25, 0.3) is 11.1 Å². The van der Waals surface area contributed by atoms with Crippen LogP contribution in [-0.2, 0) is 20.8 Å². The molecule has 0 bridgehead atoms. The fourth-order valence-corrected chi connectivity index (χ4v) is 4.47. The molecule has 2 aromatic rings. The number of benzene rings is 1. The van der Waals surface area contributed by atoms with Crippen molar-refractivity contribution < 1.29 is 19.5 Å². The highest BCUT2D eigenvalue weighted by atomic mass is 32.1. The van der Waals surface area contributed by atoms with Crippen LogP contribution in [0, 0.1) is 5.92 Å². The quantitative estimate of drug-likeness (QED) is 0.385. The van der Waals surface area contributed by atoms with E-state index >= 15 is 0 Å². The lowest BCUT2D eigenvalue weighted by atomic mass is 9.93. The fraction of sp³-hybridized carbons (Fsp3) is 0.480. The fourth-order valence-electron chi connectivity index (χ4n) is 4.19. The Morgan fingerprint density at radius 3 is 2.26 bits per heavy atom. The van der Waals surface area contributed by atoms with E-state index in [9.17, 15) is 19.5 Å². The number of amides is 2. The third-order valence-electron chi connectivity index (χ3n) is 6.60. The number of carbonyl (C=O) groups is 3. The van der Waals surface area contributed by atoms with Crippen molar-refractivity contribution in [1.29, 1.82) is 0 Å². The molecule has 1 aliphatic rings. The summed E-state index contributed by atoms with van der Waals surface area (Å²) in [4.78, 5) is 46.0. The number of nitrogens with zero attached hydrogens (tertiary/aromatic N) is 2. The molecule has 3 atom stereocenters. The largest absolute Gasteiger partial charge is 0.480 e. The molecule has 0 saturated heterocycles. The minimum Gasteiger partial charge on any atom is -0.480 e. The minimum atomic E-state index is -1.12. The van der Waals surface area contributed by atoms with Gasteiger partial charge in [-0.05, 0) is 29.9 Å². The van der Waals surface area contributed by atoms with E-state index in [2.05, 4.69) is 33.2 Å². The van der Waals surface area contributed by atoms with Crippen LogP contribution >= 0.6 is 12.6 Å². The first-order chi connectivity index (χ1) is 16.3. The maximum Gasteiger partial charge on any atom is 0.326 e. The summed E-state index contributed by atoms with van der Waals surface area (Å²) in [6.07, 6.45) is 8.31. The van der Waals surface area contributed by atoms with E-state index in [1.54, 1.807) is 12.4 Å². The molecule has 0 aliphatic heterocycles. The van der Waals surface area contributed by atoms with E-state index in [0.717, 1.165) is 36.0 Å². The first-order valence-electron chi connectivity index (χ1n) is 11.6. The third-order valence-corrected chi connectivity index (χ3v) is 7.34. The molecule has 3 rings (SSSR count). The maximum absolute atomic E-state index is 13.3. The van der Waals surface area contributed by atoms with Crippen LogP contribution < -0.4 is 10.6 Å². The van der Waals surface area contributed by atoms with E-state index in [1.807, 2.05) is 38.1 Å². The Bertz CT molecular complexity index is 994. The van der Waals surface area contributed by atoms with Gasteiger partial charge in [-0.3, -0.25) is 9.59 Å². The highest BCUT2D eigenvalue weighted by Crippen LogP contribution is 2.31. The molecule has 0 radical (unpaired) electrons. The van der Waals surface area contributed by atoms with Gasteiger partial charge in [-0.1, -0.05) is 57.4 Å². The lowest BCUT2D eigenvalue weighted by Gasteiger charge is -2.32. The second-order valence-electron chi connectivity index (χ2n) is 9.00. The molecular weight excluding hydrogens is 452 g/mol. The zero-order valence-electron chi connectivity index (χ0n) is 19.5. The van der Waals surface area contributed by atoms with Gasteiger partial charge < -0.3 is 15.7 Å². The van der Waals surface area contributed by atoms with Gasteiger partial charge in [0, 0.05) is 24.4 Å². The van der Waals surface area contributed by atoms with Gasteiger partial charge in [0.1, 0.15) is 17.9 Å². The monoisotopic (exact) mass is 484 g/mol. The van der Waals surface area contributed by atoms with Crippen LogP contribution in [-0.4, -0.2) is 49.7 Å². The van der Waals surface area contributed by atoms with E-state index in [0.29, 0.717) is 12.8 Å². The summed E-state index contributed by atoms with van der Waals surface area (Å²) < 4.78 is 0. The summed E-state index contributed by atoms with van der Waals surface area (Å²) in [7, 11) is 0. The summed E-state index contributed by atoms with van der Waals surface area (Å²) in [5.74, 6) is -1.81. The highest BCUT2D eigenvalue weighted by molar-refractivity contribution is 7.81. The molecule has 2 amide bonds. The summed E-state index contributed by atoms with van der Waals surface area (Å²) in [5.41, 5.74) is 1.44. The van der Waals surface area contributed by atoms with Crippen molar-refractivity contribution in [2.45, 2.75) is 69.2 Å². The van der Waals surface area contributed by atoms with Crippen molar-refractivity contribution in [2.75, 3.05) is 0 Å². The lowest BCUT2D eigenvalue weighted by molar-refractivity contribution is -0.143. The van der Waals surface area contributed by atoms with Crippen molar-refractivity contribution in [3.8, 4) is 11.1 Å². The van der Waals surface area contributed by atoms with Crippen LogP contribution in [0.3, 0.4) is 0 Å². The number of hydrogen-bond acceptors (Lipinski definition) is 6. The number of carbonyl (C=O) groups excluding carboxylic acids is 2. The Kier molecular flexibility index (Phi) is 8.66. The second-order valence-corrected chi connectivity index (χ2v) is 9.56. The molecule has 182 valence electrons. The summed E-state index contributed by atoms with van der Waals surface area (Å²) >= 11 is 4.44. The Morgan fingerprint density at radius 1 is 1.09 bits per heavy atom. The SMILES string of the molecule is CC[C@@H](C)[C@H](S)C(=O)NC1(C(=O)NC(Cc2ccc(-c3cncnc3)cc2)C(=O)O)CCCC1. The highest BCUT2D eigenvalue weighted by Gasteiger charge is 2.44. The van der Waals surface area contributed by atoms with Gasteiger partial charge in [0.15, 0.2) is 0 Å².